The molecule has 0 bridgehead atoms. The SMILES string of the molecule is Cc1cc(C(C(=O)O)N2CCN(C)CC2)ccc1F. The number of carboxylic acid groups (broad SMARTS) is 1. The van der Waals surface area contributed by atoms with Gasteiger partial charge in [0.1, 0.15) is 11.9 Å². The second kappa shape index (κ2) is 5.67. The lowest BCUT2D eigenvalue weighted by Gasteiger charge is -2.36. The first-order chi connectivity index (χ1) is 8.99. The molecule has 0 radical (unpaired) electrons. The number of nitrogens with zero attached hydrogens (tertiary/aromatic N) is 2. The largest absolute Gasteiger partial charge is 0.480 e. The van der Waals surface area contributed by atoms with Crippen LogP contribution in [-0.4, -0.2) is 54.1 Å². The molecule has 1 saturated heterocycles. The molecule has 1 N–H and O–H groups in total. The van der Waals surface area contributed by atoms with Crippen LogP contribution in [0, 0.1) is 12.7 Å². The second-order valence-corrected chi connectivity index (χ2v) is 5.09. The highest BCUT2D eigenvalue weighted by Crippen LogP contribution is 2.24. The number of aryl methyl sites for hydroxylation is 1. The molecule has 0 aromatic heterocycles. The number of hydrogen-bond acceptors (Lipinski definition) is 3. The van der Waals surface area contributed by atoms with E-state index in [2.05, 4.69) is 4.90 Å². The van der Waals surface area contributed by atoms with Crippen LogP contribution >= 0.6 is 0 Å². The van der Waals surface area contributed by atoms with Gasteiger partial charge in [0, 0.05) is 26.2 Å². The van der Waals surface area contributed by atoms with Crippen LogP contribution in [0.1, 0.15) is 17.2 Å². The summed E-state index contributed by atoms with van der Waals surface area (Å²) in [7, 11) is 2.02. The number of benzene rings is 1. The minimum absolute atomic E-state index is 0.300. The van der Waals surface area contributed by atoms with Crippen molar-refractivity contribution in [3.05, 3.63) is 35.1 Å². The molecule has 2 rings (SSSR count). The minimum atomic E-state index is -0.879. The number of piperazine rings is 1. The van der Waals surface area contributed by atoms with Crippen LogP contribution < -0.4 is 0 Å². The summed E-state index contributed by atoms with van der Waals surface area (Å²) in [6, 6.07) is 3.86. The van der Waals surface area contributed by atoms with Crippen molar-refractivity contribution in [3.8, 4) is 0 Å². The molecule has 1 aliphatic rings. The molecule has 1 atom stereocenters. The molecule has 1 heterocycles. The molecule has 0 aliphatic carbocycles. The highest BCUT2D eigenvalue weighted by atomic mass is 19.1. The summed E-state index contributed by atoms with van der Waals surface area (Å²) in [4.78, 5) is 15.6. The molecule has 1 fully saturated rings. The zero-order valence-corrected chi connectivity index (χ0v) is 11.3. The molecule has 104 valence electrons. The smallest absolute Gasteiger partial charge is 0.325 e. The Hall–Kier alpha value is -1.46. The van der Waals surface area contributed by atoms with E-state index in [0.717, 1.165) is 13.1 Å². The predicted octanol–water partition coefficient (Wildman–Crippen LogP) is 1.51. The zero-order valence-electron chi connectivity index (χ0n) is 11.3. The van der Waals surface area contributed by atoms with Crippen molar-refractivity contribution in [1.82, 2.24) is 9.80 Å². The van der Waals surface area contributed by atoms with Crippen LogP contribution in [0.15, 0.2) is 18.2 Å². The van der Waals surface area contributed by atoms with Crippen LogP contribution in [0.3, 0.4) is 0 Å². The van der Waals surface area contributed by atoms with Crippen molar-refractivity contribution in [2.75, 3.05) is 33.2 Å². The third-order valence-corrected chi connectivity index (χ3v) is 3.63. The van der Waals surface area contributed by atoms with E-state index in [1.54, 1.807) is 19.1 Å². The fourth-order valence-corrected chi connectivity index (χ4v) is 2.43. The highest BCUT2D eigenvalue weighted by Gasteiger charge is 2.29. The predicted molar refractivity (Wildman–Crippen MR) is 70.6 cm³/mol. The van der Waals surface area contributed by atoms with Gasteiger partial charge in [-0.25, -0.2) is 4.39 Å². The monoisotopic (exact) mass is 266 g/mol. The average Bonchev–Trinajstić information content (AvgIpc) is 2.36. The van der Waals surface area contributed by atoms with Gasteiger partial charge in [0.2, 0.25) is 0 Å². The van der Waals surface area contributed by atoms with Gasteiger partial charge >= 0.3 is 5.97 Å². The number of halogens is 1. The summed E-state index contributed by atoms with van der Waals surface area (Å²) >= 11 is 0. The maximum Gasteiger partial charge on any atom is 0.325 e. The van der Waals surface area contributed by atoms with E-state index in [9.17, 15) is 14.3 Å². The van der Waals surface area contributed by atoms with Crippen LogP contribution in [0.2, 0.25) is 0 Å². The van der Waals surface area contributed by atoms with Crippen molar-refractivity contribution in [3.63, 3.8) is 0 Å². The van der Waals surface area contributed by atoms with E-state index < -0.39 is 12.0 Å². The Morgan fingerprint density at radius 1 is 1.32 bits per heavy atom. The maximum atomic E-state index is 13.3. The van der Waals surface area contributed by atoms with Crippen LogP contribution in [0.5, 0.6) is 0 Å². The van der Waals surface area contributed by atoms with E-state index in [1.165, 1.54) is 6.07 Å². The molecule has 0 amide bonds. The van der Waals surface area contributed by atoms with Crippen LogP contribution in [0.4, 0.5) is 4.39 Å². The molecule has 19 heavy (non-hydrogen) atoms. The van der Waals surface area contributed by atoms with Gasteiger partial charge in [-0.05, 0) is 31.2 Å². The van der Waals surface area contributed by atoms with Gasteiger partial charge in [0.05, 0.1) is 0 Å². The molecule has 1 aliphatic heterocycles. The van der Waals surface area contributed by atoms with Gasteiger partial charge in [-0.2, -0.15) is 0 Å². The Labute approximate surface area is 112 Å². The lowest BCUT2D eigenvalue weighted by Crippen LogP contribution is -2.47. The van der Waals surface area contributed by atoms with Gasteiger partial charge < -0.3 is 10.0 Å². The standard InChI is InChI=1S/C14H19FN2O2/c1-10-9-11(3-4-12(10)15)13(14(18)19)17-7-5-16(2)6-8-17/h3-4,9,13H,5-8H2,1-2H3,(H,18,19). The van der Waals surface area contributed by atoms with E-state index in [0.29, 0.717) is 24.2 Å². The Kier molecular flexibility index (Phi) is 4.17. The molecule has 1 aromatic carbocycles. The summed E-state index contributed by atoms with van der Waals surface area (Å²) < 4.78 is 13.3. The molecule has 1 aromatic rings. The maximum absolute atomic E-state index is 13.3. The number of aliphatic carboxylic acids is 1. The van der Waals surface area contributed by atoms with Crippen molar-refractivity contribution in [2.45, 2.75) is 13.0 Å². The number of carboxylic acids is 1. The summed E-state index contributed by atoms with van der Waals surface area (Å²) in [5.74, 6) is -1.18. The molecular weight excluding hydrogens is 247 g/mol. The lowest BCUT2D eigenvalue weighted by molar-refractivity contribution is -0.144. The average molecular weight is 266 g/mol. The second-order valence-electron chi connectivity index (χ2n) is 5.09. The zero-order chi connectivity index (χ0) is 14.0. The van der Waals surface area contributed by atoms with Gasteiger partial charge in [-0.3, -0.25) is 9.69 Å². The first-order valence-corrected chi connectivity index (χ1v) is 6.40. The first kappa shape index (κ1) is 14.0. The number of carbonyl (C=O) groups is 1. The Bertz CT molecular complexity index is 471. The Balaban J connectivity index is 2.24. The molecule has 5 heteroatoms. The van der Waals surface area contributed by atoms with Crippen LogP contribution in [-0.2, 0) is 4.79 Å². The number of likely N-dealkylation sites (N-methyl/N-ethyl adjacent to an activating group) is 1. The van der Waals surface area contributed by atoms with Gasteiger partial charge in [0.15, 0.2) is 0 Å². The third kappa shape index (κ3) is 3.11. The minimum Gasteiger partial charge on any atom is -0.480 e. The van der Waals surface area contributed by atoms with E-state index in [1.807, 2.05) is 11.9 Å². The van der Waals surface area contributed by atoms with E-state index in [4.69, 9.17) is 0 Å². The van der Waals surface area contributed by atoms with Crippen molar-refractivity contribution < 1.29 is 14.3 Å². The summed E-state index contributed by atoms with van der Waals surface area (Å²) in [5.41, 5.74) is 1.13. The summed E-state index contributed by atoms with van der Waals surface area (Å²) in [5, 5.41) is 9.46. The van der Waals surface area contributed by atoms with E-state index in [-0.39, 0.29) is 5.82 Å². The summed E-state index contributed by atoms with van der Waals surface area (Å²) in [6.45, 7) is 4.78. The van der Waals surface area contributed by atoms with Gasteiger partial charge in [0.25, 0.3) is 0 Å². The van der Waals surface area contributed by atoms with Crippen molar-refractivity contribution in [2.24, 2.45) is 0 Å². The van der Waals surface area contributed by atoms with Crippen molar-refractivity contribution in [1.29, 1.82) is 0 Å². The van der Waals surface area contributed by atoms with Gasteiger partial charge in [-0.15, -0.1) is 0 Å². The molecule has 0 saturated carbocycles. The highest BCUT2D eigenvalue weighted by molar-refractivity contribution is 5.75. The Morgan fingerprint density at radius 2 is 1.95 bits per heavy atom. The third-order valence-electron chi connectivity index (χ3n) is 3.63. The van der Waals surface area contributed by atoms with Crippen molar-refractivity contribution >= 4 is 5.97 Å². The quantitative estimate of drug-likeness (QED) is 0.900. The fraction of sp³-hybridized carbons (Fsp3) is 0.500. The van der Waals surface area contributed by atoms with E-state index >= 15 is 0 Å². The first-order valence-electron chi connectivity index (χ1n) is 6.40. The molecule has 0 spiro atoms. The van der Waals surface area contributed by atoms with Crippen LogP contribution in [0.25, 0.3) is 0 Å². The number of rotatable bonds is 3. The fourth-order valence-electron chi connectivity index (χ4n) is 2.43. The number of hydrogen-bond donors (Lipinski definition) is 1. The summed E-state index contributed by atoms with van der Waals surface area (Å²) in [6.07, 6.45) is 0. The topological polar surface area (TPSA) is 43.8 Å². The lowest BCUT2D eigenvalue weighted by atomic mass is 10.0. The normalized spacial score (nSPS) is 19.3. The Morgan fingerprint density at radius 3 is 2.47 bits per heavy atom. The molecular formula is C14H19FN2O2. The molecule has 4 nitrogen and oxygen atoms in total. The van der Waals surface area contributed by atoms with Gasteiger partial charge in [-0.1, -0.05) is 12.1 Å². The molecule has 1 unspecified atom stereocenters.